The predicted octanol–water partition coefficient (Wildman–Crippen LogP) is 4.17. The minimum Gasteiger partial charge on any atom is -0.303 e. The summed E-state index contributed by atoms with van der Waals surface area (Å²) in [5.41, 5.74) is 1.91. The van der Waals surface area contributed by atoms with E-state index in [1.54, 1.807) is 28.5 Å². The number of thioether (sulfide) groups is 1. The zero-order chi connectivity index (χ0) is 20.6. The first-order valence-electron chi connectivity index (χ1n) is 10.1. The molecule has 0 radical (unpaired) electrons. The van der Waals surface area contributed by atoms with E-state index in [2.05, 4.69) is 9.88 Å². The van der Waals surface area contributed by atoms with E-state index in [9.17, 15) is 14.0 Å². The van der Waals surface area contributed by atoms with Crippen molar-refractivity contribution in [1.82, 2.24) is 14.5 Å². The molecule has 170 valence electrons. The van der Waals surface area contributed by atoms with Crippen molar-refractivity contribution in [2.75, 3.05) is 25.4 Å². The van der Waals surface area contributed by atoms with E-state index in [1.807, 2.05) is 13.8 Å². The number of Topliss-reactive ketones (excluding diaryl/α,β-unsaturated/α-hetero) is 1. The quantitative estimate of drug-likeness (QED) is 0.467. The van der Waals surface area contributed by atoms with Gasteiger partial charge in [0.2, 0.25) is 0 Å². The lowest BCUT2D eigenvalue weighted by molar-refractivity contribution is 0.0647. The van der Waals surface area contributed by atoms with Gasteiger partial charge in [-0.25, -0.2) is 9.37 Å². The fourth-order valence-corrected chi connectivity index (χ4v) is 5.20. The van der Waals surface area contributed by atoms with Crippen LogP contribution in [0, 0.1) is 18.2 Å². The van der Waals surface area contributed by atoms with Gasteiger partial charge in [0.15, 0.2) is 10.9 Å². The summed E-state index contributed by atoms with van der Waals surface area (Å²) in [6.07, 6.45) is 2.21. The number of fused-ring (bicyclic) bond motifs is 1. The third-order valence-corrected chi connectivity index (χ3v) is 7.23. The summed E-state index contributed by atoms with van der Waals surface area (Å²) in [6, 6.07) is 5.83. The van der Waals surface area contributed by atoms with E-state index in [4.69, 9.17) is 0 Å². The highest BCUT2D eigenvalue weighted by atomic mass is 35.5. The van der Waals surface area contributed by atoms with Gasteiger partial charge in [0.1, 0.15) is 5.82 Å². The Morgan fingerprint density at radius 1 is 1.16 bits per heavy atom. The normalized spacial score (nSPS) is 17.4. The summed E-state index contributed by atoms with van der Waals surface area (Å²) in [5, 5.41) is 0.837. The van der Waals surface area contributed by atoms with Crippen LogP contribution >= 0.6 is 36.6 Å². The summed E-state index contributed by atoms with van der Waals surface area (Å²) in [7, 11) is 0. The number of likely N-dealkylation sites (tertiary alicyclic amines) is 1. The Balaban J connectivity index is 0.00000171. The van der Waals surface area contributed by atoms with E-state index in [0.717, 1.165) is 61.2 Å². The highest BCUT2D eigenvalue weighted by Crippen LogP contribution is 2.34. The van der Waals surface area contributed by atoms with Crippen LogP contribution in [-0.2, 0) is 13.0 Å². The van der Waals surface area contributed by atoms with E-state index >= 15 is 0 Å². The molecule has 0 atom stereocenters. The molecule has 0 aliphatic carbocycles. The van der Waals surface area contributed by atoms with Gasteiger partial charge >= 0.3 is 0 Å². The van der Waals surface area contributed by atoms with Crippen molar-refractivity contribution in [3.63, 3.8) is 0 Å². The van der Waals surface area contributed by atoms with Crippen LogP contribution in [0.4, 0.5) is 4.39 Å². The van der Waals surface area contributed by atoms with Gasteiger partial charge in [-0.1, -0.05) is 18.7 Å². The van der Waals surface area contributed by atoms with Crippen molar-refractivity contribution in [1.29, 1.82) is 0 Å². The zero-order valence-corrected chi connectivity index (χ0v) is 20.2. The SMILES string of the molecule is Cc1nc2n(c(=O)c1CCN1CCC(C)(C(=O)c3ccc(F)cc3)CC1)CCS2.Cl.Cl. The molecule has 2 aromatic rings. The van der Waals surface area contributed by atoms with Crippen molar-refractivity contribution in [3.05, 3.63) is 57.3 Å². The Morgan fingerprint density at radius 2 is 1.81 bits per heavy atom. The second kappa shape index (κ2) is 10.5. The van der Waals surface area contributed by atoms with Crippen molar-refractivity contribution >= 4 is 42.4 Å². The van der Waals surface area contributed by atoms with Crippen LogP contribution < -0.4 is 5.56 Å². The van der Waals surface area contributed by atoms with Crippen molar-refractivity contribution in [2.24, 2.45) is 5.41 Å². The molecule has 3 heterocycles. The maximum Gasteiger partial charge on any atom is 0.257 e. The highest BCUT2D eigenvalue weighted by molar-refractivity contribution is 7.99. The second-order valence-electron chi connectivity index (χ2n) is 8.25. The van der Waals surface area contributed by atoms with E-state index in [-0.39, 0.29) is 42.0 Å². The van der Waals surface area contributed by atoms with Gasteiger partial charge in [0.25, 0.3) is 5.56 Å². The third-order valence-electron chi connectivity index (χ3n) is 6.27. The van der Waals surface area contributed by atoms with Crippen LogP contribution in [0.2, 0.25) is 0 Å². The number of carbonyl (C=O) groups is 1. The van der Waals surface area contributed by atoms with Crippen LogP contribution in [0.5, 0.6) is 0 Å². The number of halogens is 3. The van der Waals surface area contributed by atoms with Crippen LogP contribution in [-0.4, -0.2) is 45.6 Å². The largest absolute Gasteiger partial charge is 0.303 e. The Hall–Kier alpha value is -1.41. The van der Waals surface area contributed by atoms with Crippen molar-refractivity contribution in [3.8, 4) is 0 Å². The maximum atomic E-state index is 13.1. The van der Waals surface area contributed by atoms with Gasteiger partial charge in [-0.3, -0.25) is 14.2 Å². The lowest BCUT2D eigenvalue weighted by atomic mass is 9.74. The monoisotopic (exact) mass is 487 g/mol. The first-order chi connectivity index (χ1) is 13.9. The van der Waals surface area contributed by atoms with Gasteiger partial charge in [-0.15, -0.1) is 24.8 Å². The molecule has 4 rings (SSSR count). The number of nitrogens with zero attached hydrogens (tertiary/aromatic N) is 3. The van der Waals surface area contributed by atoms with Gasteiger partial charge < -0.3 is 4.90 Å². The predicted molar refractivity (Wildman–Crippen MR) is 127 cm³/mol. The summed E-state index contributed by atoms with van der Waals surface area (Å²) < 4.78 is 14.9. The summed E-state index contributed by atoms with van der Waals surface area (Å²) >= 11 is 1.64. The molecular formula is C22H28Cl2FN3O2S. The maximum absolute atomic E-state index is 13.1. The van der Waals surface area contributed by atoms with Gasteiger partial charge in [0, 0.05) is 41.1 Å². The van der Waals surface area contributed by atoms with E-state index in [0.29, 0.717) is 12.0 Å². The highest BCUT2D eigenvalue weighted by Gasteiger charge is 2.37. The van der Waals surface area contributed by atoms with E-state index < -0.39 is 5.41 Å². The zero-order valence-electron chi connectivity index (χ0n) is 17.7. The number of ketones is 1. The topological polar surface area (TPSA) is 55.2 Å². The first-order valence-corrected chi connectivity index (χ1v) is 11.1. The number of benzene rings is 1. The minimum atomic E-state index is -0.420. The molecule has 0 bridgehead atoms. The molecule has 1 aromatic carbocycles. The molecule has 5 nitrogen and oxygen atoms in total. The number of aryl methyl sites for hydroxylation is 1. The Kier molecular flexibility index (Phi) is 8.73. The number of piperidine rings is 1. The lowest BCUT2D eigenvalue weighted by Crippen LogP contribution is -2.43. The molecule has 0 N–H and O–H groups in total. The molecule has 31 heavy (non-hydrogen) atoms. The molecule has 2 aliphatic rings. The standard InChI is InChI=1S/C22H26FN3O2S.2ClH/c1-15-18(20(28)26-13-14-29-21(26)24-15)7-10-25-11-8-22(2,9-12-25)19(27)16-3-5-17(23)6-4-16;;/h3-6H,7-14H2,1-2H3;2*1H. The summed E-state index contributed by atoms with van der Waals surface area (Å²) in [6.45, 7) is 7.10. The molecule has 0 unspecified atom stereocenters. The second-order valence-corrected chi connectivity index (χ2v) is 9.31. The van der Waals surface area contributed by atoms with Crippen molar-refractivity contribution < 1.29 is 9.18 Å². The average molecular weight is 488 g/mol. The number of carbonyl (C=O) groups excluding carboxylic acids is 1. The Bertz CT molecular complexity index is 989. The number of aromatic nitrogens is 2. The number of hydrogen-bond donors (Lipinski definition) is 0. The van der Waals surface area contributed by atoms with Crippen LogP contribution in [0.1, 0.15) is 41.4 Å². The van der Waals surface area contributed by atoms with Gasteiger partial charge in [-0.05, 0) is 63.5 Å². The van der Waals surface area contributed by atoms with Crippen LogP contribution in [0.3, 0.4) is 0 Å². The molecule has 0 amide bonds. The Labute approximate surface area is 198 Å². The average Bonchev–Trinajstić information content (AvgIpc) is 3.18. The van der Waals surface area contributed by atoms with Crippen molar-refractivity contribution in [2.45, 2.75) is 44.8 Å². The first kappa shape index (κ1) is 25.8. The third kappa shape index (κ3) is 5.33. The molecule has 2 aliphatic heterocycles. The minimum absolute atomic E-state index is 0. The van der Waals surface area contributed by atoms with Gasteiger partial charge in [-0.2, -0.15) is 0 Å². The number of hydrogen-bond acceptors (Lipinski definition) is 5. The molecule has 1 aromatic heterocycles. The summed E-state index contributed by atoms with van der Waals surface area (Å²) in [5.74, 6) is 0.677. The lowest BCUT2D eigenvalue weighted by Gasteiger charge is -2.38. The number of rotatable bonds is 5. The molecule has 1 fully saturated rings. The van der Waals surface area contributed by atoms with Crippen LogP contribution in [0.25, 0.3) is 0 Å². The molecular weight excluding hydrogens is 460 g/mol. The summed E-state index contributed by atoms with van der Waals surface area (Å²) in [4.78, 5) is 32.6. The van der Waals surface area contributed by atoms with Gasteiger partial charge in [0.05, 0.1) is 0 Å². The van der Waals surface area contributed by atoms with E-state index in [1.165, 1.54) is 12.1 Å². The molecule has 1 saturated heterocycles. The Morgan fingerprint density at radius 3 is 2.45 bits per heavy atom. The molecule has 9 heteroatoms. The fraction of sp³-hybridized carbons (Fsp3) is 0.500. The smallest absolute Gasteiger partial charge is 0.257 e. The molecule has 0 spiro atoms. The van der Waals surface area contributed by atoms with Crippen LogP contribution in [0.15, 0.2) is 34.2 Å². The fourth-order valence-electron chi connectivity index (χ4n) is 4.22. The molecule has 0 saturated carbocycles.